The molecule has 1 aliphatic rings. The maximum Gasteiger partial charge on any atom is 0.346 e. The number of rotatable bonds is 0. The molecule has 1 aromatic heterocycles. The summed E-state index contributed by atoms with van der Waals surface area (Å²) < 4.78 is 6.55. The molecule has 0 fully saturated rings. The van der Waals surface area contributed by atoms with Crippen LogP contribution in [0.2, 0.25) is 0 Å². The quantitative estimate of drug-likeness (QED) is 0.522. The number of nitrogens with one attached hydrogen (secondary N) is 1. The number of aromatic amines is 1. The Morgan fingerprint density at radius 2 is 2.60 bits per heavy atom. The molecule has 5 nitrogen and oxygen atoms in total. The second-order valence-electron chi connectivity index (χ2n) is 2.16. The highest BCUT2D eigenvalue weighted by Crippen LogP contribution is 2.07. The van der Waals surface area contributed by atoms with Gasteiger partial charge in [0.1, 0.15) is 0 Å². The summed E-state index contributed by atoms with van der Waals surface area (Å²) in [6, 6.07) is 0.413. The van der Waals surface area contributed by atoms with Crippen LogP contribution in [0.1, 0.15) is 6.42 Å². The Hall–Kier alpha value is -1.26. The number of fused-ring (bicyclic) bond motifs is 1. The smallest absolute Gasteiger partial charge is 0.346 e. The Morgan fingerprint density at radius 3 is 3.40 bits per heavy atom. The molecule has 0 saturated heterocycles. The first-order valence-corrected chi connectivity index (χ1v) is 3.16. The van der Waals surface area contributed by atoms with Gasteiger partial charge in [0.2, 0.25) is 0 Å². The zero-order valence-electron chi connectivity index (χ0n) is 5.33. The molecule has 0 spiro atoms. The molecule has 0 atom stereocenters. The van der Waals surface area contributed by atoms with E-state index in [4.69, 9.17) is 4.74 Å². The van der Waals surface area contributed by atoms with Crippen LogP contribution in [0.3, 0.4) is 0 Å². The number of H-pyrrole nitrogens is 1. The van der Waals surface area contributed by atoms with Gasteiger partial charge in [-0.3, -0.25) is 0 Å². The first-order valence-electron chi connectivity index (χ1n) is 3.16. The molecular weight excluding hydrogens is 134 g/mol. The van der Waals surface area contributed by atoms with Crippen LogP contribution in [0.15, 0.2) is 4.79 Å². The van der Waals surface area contributed by atoms with Crippen molar-refractivity contribution in [2.75, 3.05) is 6.61 Å². The first kappa shape index (κ1) is 5.52. The second-order valence-corrected chi connectivity index (χ2v) is 2.16. The topological polar surface area (TPSA) is 59.9 Å². The maximum atomic E-state index is 10.8. The number of nitrogens with zero attached hydrogens (tertiary/aromatic N) is 2. The van der Waals surface area contributed by atoms with Gasteiger partial charge in [-0.25, -0.2) is 14.5 Å². The van der Waals surface area contributed by atoms with Crippen molar-refractivity contribution in [3.05, 3.63) is 10.5 Å². The monoisotopic (exact) mass is 141 g/mol. The summed E-state index contributed by atoms with van der Waals surface area (Å²) in [5.41, 5.74) is -0.185. The summed E-state index contributed by atoms with van der Waals surface area (Å²) in [6.07, 6.45) is 0.881. The van der Waals surface area contributed by atoms with Gasteiger partial charge in [0.05, 0.1) is 6.61 Å². The lowest BCUT2D eigenvalue weighted by molar-refractivity contribution is 0.228. The van der Waals surface area contributed by atoms with Crippen molar-refractivity contribution >= 4 is 0 Å². The van der Waals surface area contributed by atoms with Gasteiger partial charge in [-0.2, -0.15) is 0 Å². The van der Waals surface area contributed by atoms with Gasteiger partial charge in [0.15, 0.2) is 0 Å². The normalized spacial score (nSPS) is 16.0. The Morgan fingerprint density at radius 1 is 1.70 bits per heavy atom. The van der Waals surface area contributed by atoms with E-state index >= 15 is 0 Å². The lowest BCUT2D eigenvalue weighted by Gasteiger charge is -2.11. The van der Waals surface area contributed by atoms with Gasteiger partial charge in [-0.05, 0) is 6.42 Å². The molecule has 0 bridgehead atoms. The molecule has 0 saturated carbocycles. The predicted octanol–water partition coefficient (Wildman–Crippen LogP) is -0.646. The van der Waals surface area contributed by atoms with E-state index in [1.807, 2.05) is 0 Å². The van der Waals surface area contributed by atoms with E-state index in [0.717, 1.165) is 6.42 Å². The molecule has 0 unspecified atom stereocenters. The SMILES string of the molecule is O=c1[nH]nc2n1CCCO2. The third kappa shape index (κ3) is 0.632. The van der Waals surface area contributed by atoms with Crippen LogP contribution in [0.4, 0.5) is 0 Å². The molecule has 0 radical (unpaired) electrons. The molecule has 0 aliphatic carbocycles. The highest BCUT2D eigenvalue weighted by atomic mass is 16.5. The van der Waals surface area contributed by atoms with E-state index in [0.29, 0.717) is 19.2 Å². The van der Waals surface area contributed by atoms with Crippen LogP contribution in [0, 0.1) is 0 Å². The van der Waals surface area contributed by atoms with Crippen LogP contribution >= 0.6 is 0 Å². The second kappa shape index (κ2) is 1.86. The summed E-state index contributed by atoms with van der Waals surface area (Å²) in [6.45, 7) is 1.37. The Labute approximate surface area is 56.6 Å². The molecule has 10 heavy (non-hydrogen) atoms. The average Bonchev–Trinajstić information content (AvgIpc) is 2.34. The third-order valence-corrected chi connectivity index (χ3v) is 1.48. The molecule has 2 heterocycles. The highest BCUT2D eigenvalue weighted by molar-refractivity contribution is 4.94. The largest absolute Gasteiger partial charge is 0.463 e. The zero-order chi connectivity index (χ0) is 6.97. The summed E-state index contributed by atoms with van der Waals surface area (Å²) in [4.78, 5) is 10.8. The van der Waals surface area contributed by atoms with Crippen molar-refractivity contribution in [1.29, 1.82) is 0 Å². The minimum Gasteiger partial charge on any atom is -0.463 e. The molecule has 5 heteroatoms. The molecular formula is C5H7N3O2. The lowest BCUT2D eigenvalue weighted by atomic mass is 10.4. The van der Waals surface area contributed by atoms with E-state index in [1.165, 1.54) is 4.57 Å². The van der Waals surface area contributed by atoms with Crippen LogP contribution in [-0.4, -0.2) is 21.4 Å². The highest BCUT2D eigenvalue weighted by Gasteiger charge is 2.12. The minimum atomic E-state index is -0.185. The third-order valence-electron chi connectivity index (χ3n) is 1.48. The van der Waals surface area contributed by atoms with Crippen molar-refractivity contribution in [3.8, 4) is 6.01 Å². The minimum absolute atomic E-state index is 0.185. The summed E-state index contributed by atoms with van der Waals surface area (Å²) in [5.74, 6) is 0. The fourth-order valence-electron chi connectivity index (χ4n) is 0.997. The molecule has 1 N–H and O–H groups in total. The Bertz CT molecular complexity index is 287. The zero-order valence-corrected chi connectivity index (χ0v) is 5.33. The van der Waals surface area contributed by atoms with Crippen LogP contribution in [-0.2, 0) is 6.54 Å². The molecule has 2 rings (SSSR count). The van der Waals surface area contributed by atoms with Crippen LogP contribution < -0.4 is 10.4 Å². The van der Waals surface area contributed by atoms with E-state index in [-0.39, 0.29) is 5.69 Å². The fourth-order valence-corrected chi connectivity index (χ4v) is 0.997. The Balaban J connectivity index is 2.55. The maximum absolute atomic E-state index is 10.8. The van der Waals surface area contributed by atoms with Crippen molar-refractivity contribution in [3.63, 3.8) is 0 Å². The van der Waals surface area contributed by atoms with Crippen LogP contribution in [0.25, 0.3) is 0 Å². The standard InChI is InChI=1S/C5H7N3O2/c9-4-6-7-5-8(4)2-1-3-10-5/h1-3H2,(H,6,9). The number of hydrogen-bond donors (Lipinski definition) is 1. The molecule has 1 aliphatic heterocycles. The summed E-state index contributed by atoms with van der Waals surface area (Å²) in [5, 5.41) is 5.97. The van der Waals surface area contributed by atoms with Gasteiger partial charge >= 0.3 is 11.7 Å². The number of ether oxygens (including phenoxy) is 1. The van der Waals surface area contributed by atoms with Gasteiger partial charge < -0.3 is 4.74 Å². The van der Waals surface area contributed by atoms with Crippen molar-refractivity contribution in [2.45, 2.75) is 13.0 Å². The van der Waals surface area contributed by atoms with E-state index in [9.17, 15) is 4.79 Å². The number of aromatic nitrogens is 3. The van der Waals surface area contributed by atoms with E-state index in [2.05, 4.69) is 10.2 Å². The Kier molecular flexibility index (Phi) is 1.03. The molecule has 0 aromatic carbocycles. The van der Waals surface area contributed by atoms with Gasteiger partial charge in [-0.1, -0.05) is 0 Å². The fraction of sp³-hybridized carbons (Fsp3) is 0.600. The molecule has 1 aromatic rings. The van der Waals surface area contributed by atoms with Crippen molar-refractivity contribution in [2.24, 2.45) is 0 Å². The first-order chi connectivity index (χ1) is 4.88. The van der Waals surface area contributed by atoms with Crippen molar-refractivity contribution < 1.29 is 4.74 Å². The van der Waals surface area contributed by atoms with E-state index < -0.39 is 0 Å². The van der Waals surface area contributed by atoms with Gasteiger partial charge in [0, 0.05) is 6.54 Å². The number of hydrogen-bond acceptors (Lipinski definition) is 3. The van der Waals surface area contributed by atoms with Gasteiger partial charge in [-0.15, -0.1) is 5.10 Å². The van der Waals surface area contributed by atoms with Crippen molar-refractivity contribution in [1.82, 2.24) is 14.8 Å². The van der Waals surface area contributed by atoms with E-state index in [1.54, 1.807) is 0 Å². The van der Waals surface area contributed by atoms with Gasteiger partial charge in [0.25, 0.3) is 0 Å². The lowest BCUT2D eigenvalue weighted by Crippen LogP contribution is -2.23. The summed E-state index contributed by atoms with van der Waals surface area (Å²) >= 11 is 0. The summed E-state index contributed by atoms with van der Waals surface area (Å²) in [7, 11) is 0. The molecule has 54 valence electrons. The average molecular weight is 141 g/mol. The molecule has 0 amide bonds. The predicted molar refractivity (Wildman–Crippen MR) is 33.0 cm³/mol. The van der Waals surface area contributed by atoms with Crippen LogP contribution in [0.5, 0.6) is 6.01 Å².